The predicted molar refractivity (Wildman–Crippen MR) is 145 cm³/mol. The van der Waals surface area contributed by atoms with Gasteiger partial charge in [-0.2, -0.15) is 0 Å². The molecule has 0 unspecified atom stereocenters. The maximum atomic E-state index is 12.2. The first-order chi connectivity index (χ1) is 16.3. The van der Waals surface area contributed by atoms with Gasteiger partial charge in [-0.15, -0.1) is 0 Å². The highest BCUT2D eigenvalue weighted by atomic mass is 31.2. The molecule has 0 spiro atoms. The zero-order chi connectivity index (χ0) is 25.5. The predicted octanol–water partition coefficient (Wildman–Crippen LogP) is 6.72. The van der Waals surface area contributed by atoms with Gasteiger partial charge in [0, 0.05) is 6.42 Å². The normalized spacial score (nSPS) is 13.5. The van der Waals surface area contributed by atoms with E-state index in [-0.39, 0.29) is 12.1 Å². The number of allylic oxidation sites excluding steroid dienone is 1. The summed E-state index contributed by atoms with van der Waals surface area (Å²) in [4.78, 5) is 30.2. The van der Waals surface area contributed by atoms with Gasteiger partial charge in [-0.05, 0) is 19.3 Å². The van der Waals surface area contributed by atoms with E-state index in [0.717, 1.165) is 51.4 Å². The van der Waals surface area contributed by atoms with Crippen molar-refractivity contribution in [2.45, 2.75) is 142 Å². The molecule has 210 valence electrons. The molecule has 1 amide bonds. The summed E-state index contributed by atoms with van der Waals surface area (Å²) in [6.07, 6.45) is 22.7. The third kappa shape index (κ3) is 26.1. The van der Waals surface area contributed by atoms with Crippen LogP contribution in [0, 0.1) is 0 Å². The molecule has 2 atom stereocenters. The van der Waals surface area contributed by atoms with E-state index in [4.69, 9.17) is 9.79 Å². The molecule has 0 rings (SSSR count). The van der Waals surface area contributed by atoms with E-state index in [1.807, 2.05) is 6.08 Å². The van der Waals surface area contributed by atoms with Gasteiger partial charge in [0.2, 0.25) is 5.91 Å². The Hall–Kier alpha value is -0.760. The van der Waals surface area contributed by atoms with Crippen molar-refractivity contribution >= 4 is 13.7 Å². The monoisotopic (exact) mass is 522 g/mol. The van der Waals surface area contributed by atoms with E-state index in [1.54, 1.807) is 6.08 Å². The minimum atomic E-state index is -4.68. The number of hydrogen-bond donors (Lipinski definition) is 5. The second-order valence-electron chi connectivity index (χ2n) is 9.37. The number of aliphatic hydroxyl groups is 1. The van der Waals surface area contributed by atoms with Gasteiger partial charge < -0.3 is 26.4 Å². The Morgan fingerprint density at radius 3 is 1.77 bits per heavy atom. The lowest BCUT2D eigenvalue weighted by Gasteiger charge is -2.22. The molecule has 0 aliphatic heterocycles. The van der Waals surface area contributed by atoms with Crippen molar-refractivity contribution in [1.82, 2.24) is 11.5 Å². The Bertz CT molecular complexity index is 556. The summed E-state index contributed by atoms with van der Waals surface area (Å²) in [5.41, 5.74) is 0. The minimum Gasteiger partial charge on any atom is -0.387 e. The van der Waals surface area contributed by atoms with E-state index in [2.05, 4.69) is 23.7 Å². The molecular formula is C26H55N2O6P. The minimum absolute atomic E-state index is 0. The molecule has 0 radical (unpaired) electrons. The van der Waals surface area contributed by atoms with Crippen molar-refractivity contribution in [3.63, 3.8) is 0 Å². The van der Waals surface area contributed by atoms with Gasteiger partial charge in [-0.3, -0.25) is 9.32 Å². The summed E-state index contributed by atoms with van der Waals surface area (Å²) in [5.74, 6) is -0.242. The summed E-state index contributed by atoms with van der Waals surface area (Å²) < 4.78 is 15.6. The van der Waals surface area contributed by atoms with Crippen LogP contribution in [0.2, 0.25) is 0 Å². The second-order valence-corrected chi connectivity index (χ2v) is 10.6. The molecule has 0 aliphatic carbocycles. The smallest absolute Gasteiger partial charge is 0.387 e. The zero-order valence-corrected chi connectivity index (χ0v) is 23.4. The molecule has 8 nitrogen and oxygen atoms in total. The Morgan fingerprint density at radius 1 is 0.829 bits per heavy atom. The van der Waals surface area contributed by atoms with Crippen LogP contribution in [0.5, 0.6) is 0 Å². The van der Waals surface area contributed by atoms with Gasteiger partial charge in [-0.1, -0.05) is 116 Å². The third-order valence-corrected chi connectivity index (χ3v) is 6.48. The average Bonchev–Trinajstić information content (AvgIpc) is 2.78. The van der Waals surface area contributed by atoms with Crippen LogP contribution in [0.4, 0.5) is 0 Å². The van der Waals surface area contributed by atoms with Crippen molar-refractivity contribution in [3.8, 4) is 0 Å². The van der Waals surface area contributed by atoms with E-state index >= 15 is 0 Å². The van der Waals surface area contributed by atoms with E-state index in [9.17, 15) is 14.5 Å². The highest BCUT2D eigenvalue weighted by molar-refractivity contribution is 7.46. The van der Waals surface area contributed by atoms with E-state index < -0.39 is 26.6 Å². The first-order valence-corrected chi connectivity index (χ1v) is 15.2. The Balaban J connectivity index is 0. The Morgan fingerprint density at radius 2 is 1.29 bits per heavy atom. The number of unbranched alkanes of at least 4 members (excludes halogenated alkanes) is 15. The molecule has 0 saturated heterocycles. The molecule has 0 bridgehead atoms. The summed E-state index contributed by atoms with van der Waals surface area (Å²) in [6, 6.07) is -0.899. The number of rotatable bonds is 24. The molecule has 35 heavy (non-hydrogen) atoms. The van der Waals surface area contributed by atoms with Gasteiger partial charge in [0.05, 0.1) is 18.8 Å². The van der Waals surface area contributed by atoms with Gasteiger partial charge in [0.1, 0.15) is 0 Å². The lowest BCUT2D eigenvalue weighted by atomic mass is 10.0. The van der Waals surface area contributed by atoms with Crippen molar-refractivity contribution in [1.29, 1.82) is 0 Å². The fraction of sp³-hybridized carbons (Fsp3) is 0.885. The van der Waals surface area contributed by atoms with Crippen molar-refractivity contribution < 1.29 is 28.8 Å². The van der Waals surface area contributed by atoms with Crippen LogP contribution < -0.4 is 11.5 Å². The number of phosphoric ester groups is 1. The van der Waals surface area contributed by atoms with Crippen molar-refractivity contribution in [2.75, 3.05) is 6.61 Å². The highest BCUT2D eigenvalue weighted by Crippen LogP contribution is 2.35. The Labute approximate surface area is 214 Å². The molecule has 0 aliphatic rings. The zero-order valence-electron chi connectivity index (χ0n) is 22.5. The second kappa shape index (κ2) is 24.9. The topological polar surface area (TPSA) is 151 Å². The van der Waals surface area contributed by atoms with Gasteiger partial charge in [-0.25, -0.2) is 4.57 Å². The van der Waals surface area contributed by atoms with E-state index in [1.165, 1.54) is 57.8 Å². The number of hydrogen-bond acceptors (Lipinski definition) is 5. The molecule has 0 aromatic rings. The maximum absolute atomic E-state index is 12.2. The van der Waals surface area contributed by atoms with Gasteiger partial charge >= 0.3 is 7.82 Å². The lowest BCUT2D eigenvalue weighted by molar-refractivity contribution is -0.123. The van der Waals surface area contributed by atoms with E-state index in [0.29, 0.717) is 6.42 Å². The Kier molecular flexibility index (Phi) is 25.9. The van der Waals surface area contributed by atoms with Crippen LogP contribution in [0.15, 0.2) is 12.2 Å². The van der Waals surface area contributed by atoms with Crippen LogP contribution in [0.3, 0.4) is 0 Å². The number of carbonyl (C=O) groups excluding carboxylic acids is 1. The van der Waals surface area contributed by atoms with Gasteiger partial charge in [0.25, 0.3) is 0 Å². The number of aliphatic hydroxyl groups excluding tert-OH is 1. The molecule has 0 heterocycles. The lowest BCUT2D eigenvalue weighted by Crippen LogP contribution is -2.45. The SMILES string of the molecule is CCCCCCCCCCCCC/C=C/[C@@H](O)[C@H](COP(=O)(O)O)NC(=O)CCCCCCC.N. The summed E-state index contributed by atoms with van der Waals surface area (Å²) in [7, 11) is -4.68. The van der Waals surface area contributed by atoms with Crippen LogP contribution >= 0.6 is 7.82 Å². The molecule has 0 fully saturated rings. The molecule has 0 saturated carbocycles. The number of carbonyl (C=O) groups is 1. The summed E-state index contributed by atoms with van der Waals surface area (Å²) in [6.45, 7) is 3.92. The molecule has 0 aromatic carbocycles. The fourth-order valence-electron chi connectivity index (χ4n) is 3.87. The molecule has 7 N–H and O–H groups in total. The molecule has 0 aromatic heterocycles. The summed E-state index contributed by atoms with van der Waals surface area (Å²) >= 11 is 0. The largest absolute Gasteiger partial charge is 0.469 e. The third-order valence-electron chi connectivity index (χ3n) is 6.00. The quantitative estimate of drug-likeness (QED) is 0.0536. The highest BCUT2D eigenvalue weighted by Gasteiger charge is 2.24. The van der Waals surface area contributed by atoms with Crippen LogP contribution in [0.1, 0.15) is 129 Å². The average molecular weight is 523 g/mol. The number of phosphoric acid groups is 1. The maximum Gasteiger partial charge on any atom is 0.469 e. The van der Waals surface area contributed by atoms with Crippen LogP contribution in [-0.4, -0.2) is 39.6 Å². The molecular weight excluding hydrogens is 467 g/mol. The summed E-state index contributed by atoms with van der Waals surface area (Å²) in [5, 5.41) is 13.1. The van der Waals surface area contributed by atoms with Crippen molar-refractivity contribution in [3.05, 3.63) is 12.2 Å². The van der Waals surface area contributed by atoms with Crippen LogP contribution in [0.25, 0.3) is 0 Å². The van der Waals surface area contributed by atoms with Crippen molar-refractivity contribution in [2.24, 2.45) is 0 Å². The van der Waals surface area contributed by atoms with Gasteiger partial charge in [0.15, 0.2) is 0 Å². The van der Waals surface area contributed by atoms with Crippen LogP contribution in [-0.2, 0) is 13.9 Å². The fourth-order valence-corrected chi connectivity index (χ4v) is 4.22. The molecule has 9 heteroatoms. The standard InChI is InChI=1S/C26H52NO6P.H3N/c1-3-5-7-9-10-11-12-13-14-15-16-18-19-21-25(28)24(23-33-34(30,31)32)27-26(29)22-20-17-8-6-4-2;/h19,21,24-25,28H,3-18,20,22-23H2,1-2H3,(H,27,29)(H2,30,31,32);1H3/b21-19+;/t24-,25+;/m0./s1. The number of nitrogens with one attached hydrogen (secondary N) is 1. The number of amides is 1. The first-order valence-electron chi connectivity index (χ1n) is 13.6. The first kappa shape index (κ1) is 36.4.